The molecule has 3 nitrogen and oxygen atoms in total. The second-order valence-electron chi connectivity index (χ2n) is 5.77. The normalized spacial score (nSPS) is 41.3. The number of allylic oxidation sites excluding steroid dienone is 2. The van der Waals surface area contributed by atoms with E-state index in [0.717, 1.165) is 12.8 Å². The topological polar surface area (TPSA) is 38.7 Å². The third-order valence-electron chi connectivity index (χ3n) is 3.69. The number of aliphatic hydroxyl groups excluding tert-OH is 1. The van der Waals surface area contributed by atoms with Gasteiger partial charge in [-0.1, -0.05) is 23.3 Å². The first-order valence-corrected chi connectivity index (χ1v) is 6.77. The molecule has 2 aliphatic rings. The lowest BCUT2D eigenvalue weighted by Gasteiger charge is -2.46. The van der Waals surface area contributed by atoms with Crippen molar-refractivity contribution in [3.8, 4) is 0 Å². The summed E-state index contributed by atoms with van der Waals surface area (Å²) in [5.74, 6) is -0.791. The zero-order chi connectivity index (χ0) is 13.3. The highest BCUT2D eigenvalue weighted by Crippen LogP contribution is 2.40. The first-order valence-electron chi connectivity index (χ1n) is 6.77. The third kappa shape index (κ3) is 2.68. The van der Waals surface area contributed by atoms with E-state index in [4.69, 9.17) is 9.47 Å². The van der Waals surface area contributed by atoms with Crippen LogP contribution in [0.4, 0.5) is 0 Å². The lowest BCUT2D eigenvalue weighted by Crippen LogP contribution is -2.52. The predicted octanol–water partition coefficient (Wildman–Crippen LogP) is 2.80. The lowest BCUT2D eigenvalue weighted by molar-refractivity contribution is -0.330. The summed E-state index contributed by atoms with van der Waals surface area (Å²) < 4.78 is 12.2. The Morgan fingerprint density at radius 3 is 2.44 bits per heavy atom. The molecule has 1 fully saturated rings. The largest absolute Gasteiger partial charge is 0.396 e. The van der Waals surface area contributed by atoms with Gasteiger partial charge in [0.05, 0.1) is 24.7 Å². The molecule has 1 heterocycles. The van der Waals surface area contributed by atoms with E-state index >= 15 is 0 Å². The fourth-order valence-electron chi connectivity index (χ4n) is 3.17. The monoisotopic (exact) mass is 252 g/mol. The maximum atomic E-state index is 9.68. The highest BCUT2D eigenvalue weighted by molar-refractivity contribution is 5.27. The molecule has 0 bridgehead atoms. The number of ether oxygens (including phenoxy) is 2. The van der Waals surface area contributed by atoms with Crippen LogP contribution in [0.15, 0.2) is 23.3 Å². The smallest absolute Gasteiger partial charge is 0.181 e. The Morgan fingerprint density at radius 1 is 1.28 bits per heavy atom. The third-order valence-corrected chi connectivity index (χ3v) is 3.69. The Morgan fingerprint density at radius 2 is 1.89 bits per heavy atom. The van der Waals surface area contributed by atoms with Gasteiger partial charge in [0.2, 0.25) is 0 Å². The van der Waals surface area contributed by atoms with E-state index in [-0.39, 0.29) is 24.7 Å². The van der Waals surface area contributed by atoms with Crippen LogP contribution in [0.5, 0.6) is 0 Å². The molecule has 1 aliphatic carbocycles. The van der Waals surface area contributed by atoms with E-state index in [1.165, 1.54) is 11.1 Å². The molecule has 1 saturated heterocycles. The van der Waals surface area contributed by atoms with Crippen molar-refractivity contribution in [3.05, 3.63) is 23.3 Å². The minimum Gasteiger partial charge on any atom is -0.396 e. The van der Waals surface area contributed by atoms with Crippen LogP contribution in [0.2, 0.25) is 0 Å². The Bertz CT molecular complexity index is 360. The highest BCUT2D eigenvalue weighted by atomic mass is 16.7. The van der Waals surface area contributed by atoms with Crippen LogP contribution in [-0.2, 0) is 9.47 Å². The molecule has 1 spiro atoms. The van der Waals surface area contributed by atoms with E-state index in [2.05, 4.69) is 39.8 Å². The standard InChI is InChI=1S/C15H24O3/c1-10-5-11(2)8-15(14(6-10)9-16)17-12(3)7-13(4)18-15/h5-6,12-14,16H,7-9H2,1-4H3/t12-,13+,14-,15?/m1/s1. The predicted molar refractivity (Wildman–Crippen MR) is 71.1 cm³/mol. The molecule has 2 rings (SSSR count). The van der Waals surface area contributed by atoms with Gasteiger partial charge in [0.1, 0.15) is 0 Å². The van der Waals surface area contributed by atoms with Crippen LogP contribution in [0.3, 0.4) is 0 Å². The quantitative estimate of drug-likeness (QED) is 0.780. The second-order valence-corrected chi connectivity index (χ2v) is 5.77. The Balaban J connectivity index is 2.35. The first kappa shape index (κ1) is 13.8. The van der Waals surface area contributed by atoms with Gasteiger partial charge in [0.15, 0.2) is 5.79 Å². The average Bonchev–Trinajstić information content (AvgIpc) is 2.33. The molecule has 18 heavy (non-hydrogen) atoms. The SMILES string of the molecule is CC1=C[C@H](CO)C2(CC(C)=C1)O[C@H](C)C[C@H](C)O2. The van der Waals surface area contributed by atoms with Gasteiger partial charge < -0.3 is 14.6 Å². The molecule has 1 N–H and O–H groups in total. The van der Waals surface area contributed by atoms with Gasteiger partial charge >= 0.3 is 0 Å². The van der Waals surface area contributed by atoms with Crippen molar-refractivity contribution in [2.75, 3.05) is 6.61 Å². The summed E-state index contributed by atoms with van der Waals surface area (Å²) in [6, 6.07) is 0. The van der Waals surface area contributed by atoms with Crippen LogP contribution >= 0.6 is 0 Å². The van der Waals surface area contributed by atoms with E-state index < -0.39 is 5.79 Å². The molecule has 102 valence electrons. The summed E-state index contributed by atoms with van der Waals surface area (Å²) in [7, 11) is 0. The molecule has 0 amide bonds. The fraction of sp³-hybridized carbons (Fsp3) is 0.733. The second kappa shape index (κ2) is 5.16. The Kier molecular flexibility index (Phi) is 3.95. The zero-order valence-corrected chi connectivity index (χ0v) is 11.8. The first-order chi connectivity index (χ1) is 8.45. The maximum Gasteiger partial charge on any atom is 0.181 e. The van der Waals surface area contributed by atoms with E-state index in [0.29, 0.717) is 0 Å². The minimum atomic E-state index is -0.690. The Hall–Kier alpha value is -0.640. The van der Waals surface area contributed by atoms with Gasteiger partial charge in [-0.05, 0) is 34.1 Å². The van der Waals surface area contributed by atoms with E-state index in [9.17, 15) is 5.11 Å². The summed E-state index contributed by atoms with van der Waals surface area (Å²) in [4.78, 5) is 0. The molecule has 0 aromatic heterocycles. The van der Waals surface area contributed by atoms with Crippen LogP contribution in [0, 0.1) is 5.92 Å². The van der Waals surface area contributed by atoms with E-state index in [1.807, 2.05) is 0 Å². The van der Waals surface area contributed by atoms with Gasteiger partial charge in [-0.15, -0.1) is 0 Å². The van der Waals surface area contributed by atoms with Gasteiger partial charge in [-0.25, -0.2) is 0 Å². The average molecular weight is 252 g/mol. The number of aliphatic hydroxyl groups is 1. The molecular weight excluding hydrogens is 228 g/mol. The van der Waals surface area contributed by atoms with Crippen molar-refractivity contribution in [1.29, 1.82) is 0 Å². The van der Waals surface area contributed by atoms with Crippen LogP contribution in [0.25, 0.3) is 0 Å². The number of hydrogen-bond donors (Lipinski definition) is 1. The molecule has 0 radical (unpaired) electrons. The maximum absolute atomic E-state index is 9.68. The molecule has 1 unspecified atom stereocenters. The van der Waals surface area contributed by atoms with Crippen LogP contribution < -0.4 is 0 Å². The minimum absolute atomic E-state index is 0.0535. The summed E-state index contributed by atoms with van der Waals surface area (Å²) in [6.07, 6.45) is 6.19. The summed E-state index contributed by atoms with van der Waals surface area (Å²) in [5, 5.41) is 9.68. The van der Waals surface area contributed by atoms with Crippen LogP contribution in [-0.4, -0.2) is 29.7 Å². The molecular formula is C15H24O3. The molecule has 0 aromatic carbocycles. The number of hydrogen-bond acceptors (Lipinski definition) is 3. The summed E-state index contributed by atoms with van der Waals surface area (Å²) in [5.41, 5.74) is 2.41. The van der Waals surface area contributed by atoms with E-state index in [1.54, 1.807) is 0 Å². The van der Waals surface area contributed by atoms with Gasteiger partial charge in [0.25, 0.3) is 0 Å². The van der Waals surface area contributed by atoms with Crippen molar-refractivity contribution < 1.29 is 14.6 Å². The summed E-state index contributed by atoms with van der Waals surface area (Å²) >= 11 is 0. The fourth-order valence-corrected chi connectivity index (χ4v) is 3.17. The molecule has 0 saturated carbocycles. The van der Waals surface area contributed by atoms with Gasteiger partial charge in [-0.2, -0.15) is 0 Å². The van der Waals surface area contributed by atoms with Gasteiger partial charge in [-0.3, -0.25) is 0 Å². The van der Waals surface area contributed by atoms with Crippen LogP contribution in [0.1, 0.15) is 40.5 Å². The van der Waals surface area contributed by atoms with Crippen molar-refractivity contribution >= 4 is 0 Å². The molecule has 3 heteroatoms. The van der Waals surface area contributed by atoms with Gasteiger partial charge in [0, 0.05) is 6.42 Å². The number of rotatable bonds is 1. The zero-order valence-electron chi connectivity index (χ0n) is 11.8. The molecule has 1 aliphatic heterocycles. The van der Waals surface area contributed by atoms with Crippen molar-refractivity contribution in [1.82, 2.24) is 0 Å². The van der Waals surface area contributed by atoms with Crippen molar-refractivity contribution in [2.45, 2.75) is 58.5 Å². The van der Waals surface area contributed by atoms with Crippen molar-refractivity contribution in [2.24, 2.45) is 5.92 Å². The molecule has 0 aromatic rings. The van der Waals surface area contributed by atoms with Crippen molar-refractivity contribution in [3.63, 3.8) is 0 Å². The highest BCUT2D eigenvalue weighted by Gasteiger charge is 2.46. The molecule has 4 atom stereocenters. The lowest BCUT2D eigenvalue weighted by atomic mass is 9.92. The Labute approximate surface area is 109 Å². The summed E-state index contributed by atoms with van der Waals surface area (Å²) in [6.45, 7) is 8.36.